The van der Waals surface area contributed by atoms with Gasteiger partial charge in [-0.2, -0.15) is 0 Å². The van der Waals surface area contributed by atoms with Crippen LogP contribution in [-0.4, -0.2) is 73.6 Å². The van der Waals surface area contributed by atoms with Gasteiger partial charge in [-0.15, -0.1) is 15.3 Å². The molecule has 0 atom stereocenters. The molecule has 0 amide bonds. The predicted octanol–water partition coefficient (Wildman–Crippen LogP) is 0.233. The van der Waals surface area contributed by atoms with Crippen molar-refractivity contribution in [3.8, 4) is 34.2 Å². The fourth-order valence-corrected chi connectivity index (χ4v) is 4.98. The summed E-state index contributed by atoms with van der Waals surface area (Å²) in [5.74, 6) is 0. The number of hydrogen-bond acceptors (Lipinski definition) is 12. The van der Waals surface area contributed by atoms with Gasteiger partial charge < -0.3 is 0 Å². The third kappa shape index (κ3) is 6.34. The van der Waals surface area contributed by atoms with Crippen molar-refractivity contribution >= 4 is 0 Å². The molecule has 7 aromatic heterocycles. The van der Waals surface area contributed by atoms with E-state index in [0.29, 0.717) is 34.2 Å². The first-order valence-electron chi connectivity index (χ1n) is 14.9. The molecule has 0 bridgehead atoms. The van der Waals surface area contributed by atoms with Crippen molar-refractivity contribution in [1.29, 1.82) is 0 Å². The van der Waals surface area contributed by atoms with Crippen LogP contribution in [-0.2, 0) is 39.3 Å². The lowest BCUT2D eigenvalue weighted by Crippen LogP contribution is -2.55. The zero-order valence-electron chi connectivity index (χ0n) is 25.3. The number of aryl methyl sites for hydroxylation is 3. The molecule has 0 radical (unpaired) electrons. The van der Waals surface area contributed by atoms with Crippen LogP contribution in [0.5, 0.6) is 0 Å². The Hall–Kier alpha value is -6.72. The van der Waals surface area contributed by atoms with E-state index in [9.17, 15) is 14.4 Å². The molecule has 0 unspecified atom stereocenters. The van der Waals surface area contributed by atoms with Gasteiger partial charge in [-0.3, -0.25) is 29.0 Å². The molecule has 7 aromatic rings. The fraction of sp³-hybridized carbons (Fsp3) is 0.200. The van der Waals surface area contributed by atoms with Crippen molar-refractivity contribution in [2.75, 3.05) is 0 Å². The fourth-order valence-electron chi connectivity index (χ4n) is 4.98. The minimum atomic E-state index is -0.755. The largest absolute Gasteiger partial charge is 0.336 e. The third-order valence-electron chi connectivity index (χ3n) is 7.44. The lowest BCUT2D eigenvalue weighted by Gasteiger charge is -2.14. The van der Waals surface area contributed by atoms with Gasteiger partial charge in [0.25, 0.3) is 0 Å². The number of rotatable bonds is 12. The highest BCUT2D eigenvalue weighted by molar-refractivity contribution is 5.52. The van der Waals surface area contributed by atoms with Gasteiger partial charge in [0.05, 0.1) is 74.9 Å². The topological polar surface area (TPSA) is 197 Å². The lowest BCUT2D eigenvalue weighted by atomic mass is 10.3. The van der Waals surface area contributed by atoms with Crippen LogP contribution in [0.4, 0.5) is 0 Å². The average molecular weight is 646 g/mol. The van der Waals surface area contributed by atoms with E-state index in [2.05, 4.69) is 45.9 Å². The summed E-state index contributed by atoms with van der Waals surface area (Å²) in [6.07, 6.45) is 9.98. The Bertz CT molecular complexity index is 2030. The smallest absolute Gasteiger partial charge is 0.254 e. The van der Waals surface area contributed by atoms with Crippen molar-refractivity contribution in [1.82, 2.24) is 73.6 Å². The van der Waals surface area contributed by atoms with Gasteiger partial charge in [-0.1, -0.05) is 33.8 Å². The summed E-state index contributed by atoms with van der Waals surface area (Å²) < 4.78 is 7.59. The molecule has 0 aliphatic heterocycles. The zero-order valence-corrected chi connectivity index (χ0v) is 25.3. The molecule has 7 heterocycles. The molecule has 18 nitrogen and oxygen atoms in total. The standard InChI is InChI=1S/C30H27N15O3/c46-28-43(16-13-40-19-25(34-37-40)22-7-1-4-10-31-22)29(47)45(18-15-42-21-27(36-39-42)24-9-3-6-12-33-24)30(48)44(28)17-14-41-20-26(35-38-41)23-8-2-5-11-32-23/h1-12,19-21H,13-18H2. The normalized spacial score (nSPS) is 11.2. The molecule has 0 aliphatic rings. The van der Waals surface area contributed by atoms with Crippen LogP contribution in [0.3, 0.4) is 0 Å². The van der Waals surface area contributed by atoms with Crippen LogP contribution in [0.1, 0.15) is 0 Å². The maximum atomic E-state index is 13.7. The number of aromatic nitrogens is 15. The maximum absolute atomic E-state index is 13.7. The quantitative estimate of drug-likeness (QED) is 0.176. The number of pyridine rings is 3. The molecule has 0 spiro atoms. The first-order chi connectivity index (χ1) is 23.5. The van der Waals surface area contributed by atoms with Crippen LogP contribution in [0.2, 0.25) is 0 Å². The molecule has 0 saturated heterocycles. The van der Waals surface area contributed by atoms with Crippen LogP contribution in [0.15, 0.2) is 106 Å². The van der Waals surface area contributed by atoms with Gasteiger partial charge in [0.2, 0.25) is 0 Å². The summed E-state index contributed by atoms with van der Waals surface area (Å²) in [5.41, 5.74) is 1.27. The lowest BCUT2D eigenvalue weighted by molar-refractivity contribution is 0.386. The predicted molar refractivity (Wildman–Crippen MR) is 169 cm³/mol. The molecule has 48 heavy (non-hydrogen) atoms. The second kappa shape index (κ2) is 13.3. The molecular weight excluding hydrogens is 618 g/mol. The minimum Gasteiger partial charge on any atom is -0.254 e. The summed E-state index contributed by atoms with van der Waals surface area (Å²) in [6, 6.07) is 16.3. The molecule has 18 heteroatoms. The molecule has 0 fully saturated rings. The summed E-state index contributed by atoms with van der Waals surface area (Å²) in [6.45, 7) is 0.219. The Kier molecular flexibility index (Phi) is 8.32. The van der Waals surface area contributed by atoms with Crippen molar-refractivity contribution in [3.63, 3.8) is 0 Å². The number of nitrogens with zero attached hydrogens (tertiary/aromatic N) is 15. The van der Waals surface area contributed by atoms with Crippen molar-refractivity contribution < 1.29 is 0 Å². The molecule has 7 rings (SSSR count). The van der Waals surface area contributed by atoms with E-state index in [0.717, 1.165) is 13.7 Å². The monoisotopic (exact) mass is 645 g/mol. The van der Waals surface area contributed by atoms with Gasteiger partial charge in [-0.05, 0) is 36.4 Å². The average Bonchev–Trinajstić information content (AvgIpc) is 3.91. The van der Waals surface area contributed by atoms with Gasteiger partial charge in [0.15, 0.2) is 0 Å². The highest BCUT2D eigenvalue weighted by Gasteiger charge is 2.17. The Balaban J connectivity index is 1.16. The van der Waals surface area contributed by atoms with E-state index in [4.69, 9.17) is 0 Å². The summed E-state index contributed by atoms with van der Waals surface area (Å²) >= 11 is 0. The molecule has 0 aliphatic carbocycles. The van der Waals surface area contributed by atoms with Gasteiger partial charge in [0, 0.05) is 18.6 Å². The zero-order chi connectivity index (χ0) is 32.9. The van der Waals surface area contributed by atoms with E-state index in [1.807, 2.05) is 18.2 Å². The Morgan fingerprint density at radius 2 is 0.708 bits per heavy atom. The summed E-state index contributed by atoms with van der Waals surface area (Å²) in [7, 11) is 0. The van der Waals surface area contributed by atoms with E-state index in [1.54, 1.807) is 73.6 Å². The molecule has 0 aromatic carbocycles. The van der Waals surface area contributed by atoms with Crippen molar-refractivity contribution in [2.24, 2.45) is 0 Å². The third-order valence-corrected chi connectivity index (χ3v) is 7.44. The highest BCUT2D eigenvalue weighted by Crippen LogP contribution is 2.13. The number of hydrogen-bond donors (Lipinski definition) is 0. The molecular formula is C30H27N15O3. The van der Waals surface area contributed by atoms with Crippen molar-refractivity contribution in [3.05, 3.63) is 123 Å². The SMILES string of the molecule is O=c1n(CCn2cc(-c3ccccn3)nn2)c(=O)n(CCn2cc(-c3ccccn3)nn2)c(=O)n1CCn1cc(-c2ccccn2)nn1. The Labute approximate surface area is 270 Å². The van der Waals surface area contributed by atoms with Gasteiger partial charge in [0.1, 0.15) is 17.1 Å². The first kappa shape index (κ1) is 30.0. The molecule has 0 N–H and O–H groups in total. The second-order valence-corrected chi connectivity index (χ2v) is 10.5. The van der Waals surface area contributed by atoms with Crippen LogP contribution in [0.25, 0.3) is 34.2 Å². The molecule has 240 valence electrons. The minimum absolute atomic E-state index is 0.0662. The van der Waals surface area contributed by atoms with Gasteiger partial charge >= 0.3 is 17.1 Å². The van der Waals surface area contributed by atoms with E-state index >= 15 is 0 Å². The summed E-state index contributed by atoms with van der Waals surface area (Å²) in [5, 5.41) is 24.8. The second-order valence-electron chi connectivity index (χ2n) is 10.5. The van der Waals surface area contributed by atoms with E-state index < -0.39 is 17.1 Å². The summed E-state index contributed by atoms with van der Waals surface area (Å²) in [4.78, 5) is 53.8. The highest BCUT2D eigenvalue weighted by atomic mass is 16.2. The van der Waals surface area contributed by atoms with Gasteiger partial charge in [-0.25, -0.2) is 28.1 Å². The van der Waals surface area contributed by atoms with Crippen LogP contribution >= 0.6 is 0 Å². The first-order valence-corrected chi connectivity index (χ1v) is 14.9. The maximum Gasteiger partial charge on any atom is 0.336 e. The van der Waals surface area contributed by atoms with Crippen LogP contribution in [0, 0.1) is 0 Å². The molecule has 0 saturated carbocycles. The van der Waals surface area contributed by atoms with E-state index in [-0.39, 0.29) is 39.3 Å². The van der Waals surface area contributed by atoms with Crippen molar-refractivity contribution in [2.45, 2.75) is 39.3 Å². The Morgan fingerprint density at radius 1 is 0.396 bits per heavy atom. The van der Waals surface area contributed by atoms with E-state index in [1.165, 1.54) is 14.0 Å². The Morgan fingerprint density at radius 3 is 0.979 bits per heavy atom. The van der Waals surface area contributed by atoms with Crippen LogP contribution < -0.4 is 17.1 Å².